The Hall–Kier alpha value is -1.35. The Balaban J connectivity index is 2.01. The predicted molar refractivity (Wildman–Crippen MR) is 86.7 cm³/mol. The van der Waals surface area contributed by atoms with E-state index in [2.05, 4.69) is 10.6 Å². The maximum Gasteiger partial charge on any atom is 0.337 e. The fraction of sp³-hybridized carbons (Fsp3) is 0.429. The zero-order valence-electron chi connectivity index (χ0n) is 11.6. The molecule has 1 saturated heterocycles. The van der Waals surface area contributed by atoms with Crippen molar-refractivity contribution in [3.8, 4) is 0 Å². The lowest BCUT2D eigenvalue weighted by Crippen LogP contribution is -2.43. The molecule has 2 atom stereocenters. The third-order valence-corrected chi connectivity index (χ3v) is 3.95. The molecule has 0 saturated carbocycles. The molecule has 1 aromatic rings. The van der Waals surface area contributed by atoms with Gasteiger partial charge in [-0.15, -0.1) is 0 Å². The van der Waals surface area contributed by atoms with Crippen molar-refractivity contribution >= 4 is 40.3 Å². The summed E-state index contributed by atoms with van der Waals surface area (Å²) in [7, 11) is 0. The number of hydrogen-bond donors (Lipinski definition) is 3. The number of nitrogens with one attached hydrogen (secondary N) is 2. The van der Waals surface area contributed by atoms with E-state index in [4.69, 9.17) is 9.84 Å². The highest BCUT2D eigenvalue weighted by Crippen LogP contribution is 2.19. The summed E-state index contributed by atoms with van der Waals surface area (Å²) in [6, 6.07) is 4.52. The van der Waals surface area contributed by atoms with Gasteiger partial charge in [0, 0.05) is 16.2 Å². The lowest BCUT2D eigenvalue weighted by Gasteiger charge is -2.28. The van der Waals surface area contributed by atoms with Crippen molar-refractivity contribution < 1.29 is 19.4 Å². The van der Waals surface area contributed by atoms with Crippen molar-refractivity contribution in [3.05, 3.63) is 27.3 Å². The van der Waals surface area contributed by atoms with Gasteiger partial charge < -0.3 is 20.5 Å². The van der Waals surface area contributed by atoms with Crippen molar-refractivity contribution in [1.82, 2.24) is 5.32 Å². The summed E-state index contributed by atoms with van der Waals surface area (Å²) >= 11 is 2.03. The average molecular weight is 404 g/mol. The van der Waals surface area contributed by atoms with Gasteiger partial charge in [-0.05, 0) is 60.6 Å². The van der Waals surface area contributed by atoms with Crippen molar-refractivity contribution in [1.29, 1.82) is 0 Å². The van der Waals surface area contributed by atoms with Crippen molar-refractivity contribution in [2.24, 2.45) is 0 Å². The number of anilines is 1. The summed E-state index contributed by atoms with van der Waals surface area (Å²) in [4.78, 5) is 23.2. The number of amides is 2. The molecule has 6 nitrogen and oxygen atoms in total. The van der Waals surface area contributed by atoms with Gasteiger partial charge in [0.15, 0.2) is 0 Å². The number of carboxylic acid groups (broad SMARTS) is 1. The molecule has 0 radical (unpaired) electrons. The van der Waals surface area contributed by atoms with Gasteiger partial charge in [0.2, 0.25) is 0 Å². The zero-order chi connectivity index (χ0) is 15.4. The summed E-state index contributed by atoms with van der Waals surface area (Å²) in [6.45, 7) is 2.59. The van der Waals surface area contributed by atoms with Gasteiger partial charge >= 0.3 is 12.0 Å². The van der Waals surface area contributed by atoms with Crippen LogP contribution in [0.2, 0.25) is 0 Å². The van der Waals surface area contributed by atoms with E-state index in [0.29, 0.717) is 12.3 Å². The summed E-state index contributed by atoms with van der Waals surface area (Å²) in [6.07, 6.45) is 1.64. The minimum absolute atomic E-state index is 0.0471. The average Bonchev–Trinajstić information content (AvgIpc) is 2.40. The third-order valence-electron chi connectivity index (χ3n) is 3.28. The fourth-order valence-electron chi connectivity index (χ4n) is 2.28. The molecule has 7 heteroatoms. The number of urea groups is 1. The van der Waals surface area contributed by atoms with Crippen LogP contribution in [0.1, 0.15) is 30.1 Å². The van der Waals surface area contributed by atoms with Crippen LogP contribution >= 0.6 is 22.6 Å². The molecule has 0 spiro atoms. The van der Waals surface area contributed by atoms with E-state index in [1.807, 2.05) is 29.5 Å². The Bertz CT molecular complexity index is 550. The van der Waals surface area contributed by atoms with Gasteiger partial charge in [0.1, 0.15) is 0 Å². The van der Waals surface area contributed by atoms with Gasteiger partial charge in [-0.1, -0.05) is 0 Å². The van der Waals surface area contributed by atoms with Crippen LogP contribution in [0.5, 0.6) is 0 Å². The molecule has 3 N–H and O–H groups in total. The van der Waals surface area contributed by atoms with Crippen LogP contribution in [0.4, 0.5) is 10.5 Å². The van der Waals surface area contributed by atoms with Crippen LogP contribution in [-0.2, 0) is 4.74 Å². The second-order valence-corrected chi connectivity index (χ2v) is 6.24. The first-order valence-corrected chi connectivity index (χ1v) is 7.75. The molecule has 1 aromatic carbocycles. The van der Waals surface area contributed by atoms with Gasteiger partial charge in [0.25, 0.3) is 0 Å². The van der Waals surface area contributed by atoms with Gasteiger partial charge in [-0.25, -0.2) is 9.59 Å². The molecule has 0 aromatic heterocycles. The normalized spacial score (nSPS) is 21.6. The van der Waals surface area contributed by atoms with Crippen LogP contribution in [0.25, 0.3) is 0 Å². The molecule has 1 heterocycles. The summed E-state index contributed by atoms with van der Waals surface area (Å²) < 4.78 is 6.22. The lowest BCUT2D eigenvalue weighted by atomic mass is 10.0. The Morgan fingerprint density at radius 2 is 2.19 bits per heavy atom. The highest BCUT2D eigenvalue weighted by molar-refractivity contribution is 14.1. The smallest absolute Gasteiger partial charge is 0.337 e. The first-order chi connectivity index (χ1) is 9.95. The standard InChI is InChI=1S/C14H17IN2O4/c1-8-6-10(4-5-21-8)16-14(20)17-12-3-2-9(15)7-11(12)13(18)19/h2-3,7-8,10H,4-6H2,1H3,(H,18,19)(H2,16,17,20). The van der Waals surface area contributed by atoms with E-state index in [-0.39, 0.29) is 17.7 Å². The second-order valence-electron chi connectivity index (χ2n) is 5.00. The summed E-state index contributed by atoms with van der Waals surface area (Å²) in [5.74, 6) is -1.07. The number of ether oxygens (including phenoxy) is 1. The summed E-state index contributed by atoms with van der Waals surface area (Å²) in [5, 5.41) is 14.6. The van der Waals surface area contributed by atoms with Crippen LogP contribution < -0.4 is 10.6 Å². The van der Waals surface area contributed by atoms with Crippen molar-refractivity contribution in [2.75, 3.05) is 11.9 Å². The van der Waals surface area contributed by atoms with Crippen LogP contribution in [0.3, 0.4) is 0 Å². The van der Waals surface area contributed by atoms with Crippen LogP contribution in [0, 0.1) is 3.57 Å². The molecule has 114 valence electrons. The van der Waals surface area contributed by atoms with E-state index >= 15 is 0 Å². The maximum absolute atomic E-state index is 12.0. The minimum atomic E-state index is -1.07. The van der Waals surface area contributed by atoms with E-state index < -0.39 is 12.0 Å². The molecular weight excluding hydrogens is 387 g/mol. The Morgan fingerprint density at radius 3 is 2.86 bits per heavy atom. The van der Waals surface area contributed by atoms with E-state index in [9.17, 15) is 9.59 Å². The second kappa shape index (κ2) is 7.08. The zero-order valence-corrected chi connectivity index (χ0v) is 13.7. The summed E-state index contributed by atoms with van der Waals surface area (Å²) in [5.41, 5.74) is 0.373. The van der Waals surface area contributed by atoms with Gasteiger partial charge in [-0.2, -0.15) is 0 Å². The molecule has 2 rings (SSSR count). The topological polar surface area (TPSA) is 87.7 Å². The minimum Gasteiger partial charge on any atom is -0.478 e. The molecular formula is C14H17IN2O4. The van der Waals surface area contributed by atoms with Crippen LogP contribution in [0.15, 0.2) is 18.2 Å². The fourth-order valence-corrected chi connectivity index (χ4v) is 2.77. The molecule has 0 bridgehead atoms. The van der Waals surface area contributed by atoms with E-state index in [1.54, 1.807) is 12.1 Å². The predicted octanol–water partition coefficient (Wildman–Crippen LogP) is 2.68. The van der Waals surface area contributed by atoms with Crippen molar-refractivity contribution in [3.63, 3.8) is 0 Å². The highest BCUT2D eigenvalue weighted by Gasteiger charge is 2.21. The number of hydrogen-bond acceptors (Lipinski definition) is 3. The first-order valence-electron chi connectivity index (χ1n) is 6.67. The molecule has 1 aliphatic heterocycles. The SMILES string of the molecule is CC1CC(NC(=O)Nc2ccc(I)cc2C(=O)O)CCO1. The number of benzene rings is 1. The number of aromatic carboxylic acids is 1. The largest absolute Gasteiger partial charge is 0.478 e. The van der Waals surface area contributed by atoms with E-state index in [0.717, 1.165) is 16.4 Å². The Labute approximate surface area is 136 Å². The molecule has 2 amide bonds. The number of halogens is 1. The quantitative estimate of drug-likeness (QED) is 0.677. The maximum atomic E-state index is 12.0. The van der Waals surface area contributed by atoms with Crippen LogP contribution in [-0.4, -0.2) is 35.9 Å². The monoisotopic (exact) mass is 404 g/mol. The van der Waals surface area contributed by atoms with E-state index in [1.165, 1.54) is 6.07 Å². The van der Waals surface area contributed by atoms with Gasteiger partial charge in [0.05, 0.1) is 17.4 Å². The number of carboxylic acids is 1. The Kier molecular flexibility index (Phi) is 5.40. The molecule has 21 heavy (non-hydrogen) atoms. The number of carbonyl (C=O) groups is 2. The lowest BCUT2D eigenvalue weighted by molar-refractivity contribution is 0.0157. The Morgan fingerprint density at radius 1 is 1.43 bits per heavy atom. The van der Waals surface area contributed by atoms with Crippen molar-refractivity contribution in [2.45, 2.75) is 31.9 Å². The molecule has 1 aliphatic rings. The molecule has 2 unspecified atom stereocenters. The highest BCUT2D eigenvalue weighted by atomic mass is 127. The first kappa shape index (κ1) is 16.0. The number of rotatable bonds is 3. The molecule has 0 aliphatic carbocycles. The van der Waals surface area contributed by atoms with Gasteiger partial charge in [-0.3, -0.25) is 0 Å². The third kappa shape index (κ3) is 4.57. The molecule has 1 fully saturated rings. The number of carbonyl (C=O) groups excluding carboxylic acids is 1.